The van der Waals surface area contributed by atoms with E-state index in [1.54, 1.807) is 0 Å². The third kappa shape index (κ3) is 7.16. The average Bonchev–Trinajstić information content (AvgIpc) is 3.49. The summed E-state index contributed by atoms with van der Waals surface area (Å²) in [5.41, 5.74) is 12.7. The number of carbonyl (C=O) groups excluding carboxylic acids is 2. The van der Waals surface area contributed by atoms with E-state index in [1.807, 2.05) is 24.3 Å². The van der Waals surface area contributed by atoms with Crippen LogP contribution in [0.2, 0.25) is 0 Å². The van der Waals surface area contributed by atoms with Gasteiger partial charge in [0.05, 0.1) is 6.04 Å². The molecule has 0 spiro atoms. The molecule has 0 N–H and O–H groups in total. The highest BCUT2D eigenvalue weighted by Crippen LogP contribution is 2.52. The number of para-hydroxylation sites is 1. The molecule has 4 aromatic carbocycles. The van der Waals surface area contributed by atoms with E-state index in [2.05, 4.69) is 164 Å². The average molecular weight is 775 g/mol. The molecular formula is C53H46N2O4. The monoisotopic (exact) mass is 774 g/mol. The summed E-state index contributed by atoms with van der Waals surface area (Å²) in [6.07, 6.45) is 29.1. The smallest absolute Gasteiger partial charge is 0.335 e. The number of allylic oxidation sites excluding steroid dienone is 9. The van der Waals surface area contributed by atoms with Crippen molar-refractivity contribution in [2.45, 2.75) is 44.6 Å². The predicted molar refractivity (Wildman–Crippen MR) is 238 cm³/mol. The Hall–Kier alpha value is -6.92. The van der Waals surface area contributed by atoms with Crippen LogP contribution in [0.4, 0.5) is 17.1 Å². The molecule has 0 aliphatic heterocycles. The van der Waals surface area contributed by atoms with Gasteiger partial charge in [0, 0.05) is 57.9 Å². The molecule has 3 unspecified atom stereocenters. The van der Waals surface area contributed by atoms with Crippen molar-refractivity contribution >= 4 is 35.1 Å². The van der Waals surface area contributed by atoms with E-state index < -0.39 is 11.9 Å². The van der Waals surface area contributed by atoms with Crippen LogP contribution in [0.25, 0.3) is 17.2 Å². The Morgan fingerprint density at radius 1 is 0.695 bits per heavy atom. The van der Waals surface area contributed by atoms with Gasteiger partial charge in [-0.3, -0.25) is 0 Å². The van der Waals surface area contributed by atoms with Gasteiger partial charge in [-0.15, -0.1) is 0 Å². The molecule has 0 heterocycles. The fourth-order valence-electron chi connectivity index (χ4n) is 9.03. The van der Waals surface area contributed by atoms with Gasteiger partial charge in [0.1, 0.15) is 11.5 Å². The van der Waals surface area contributed by atoms with Crippen molar-refractivity contribution in [2.75, 3.05) is 9.80 Å². The number of rotatable bonds is 10. The number of carbonyl (C=O) groups is 2. The molecule has 6 heteroatoms. The van der Waals surface area contributed by atoms with Gasteiger partial charge in [0.15, 0.2) is 0 Å². The number of ether oxygens (including phenoxy) is 2. The molecule has 292 valence electrons. The predicted octanol–water partition coefficient (Wildman–Crippen LogP) is 11.8. The summed E-state index contributed by atoms with van der Waals surface area (Å²) in [7, 11) is 0. The molecule has 4 aromatic rings. The molecule has 0 aromatic heterocycles. The fraction of sp³-hybridized carbons (Fsp3) is 0.170. The van der Waals surface area contributed by atoms with Crippen molar-refractivity contribution in [1.82, 2.24) is 0 Å². The van der Waals surface area contributed by atoms with E-state index in [1.165, 1.54) is 45.7 Å². The van der Waals surface area contributed by atoms with E-state index in [0.717, 1.165) is 47.6 Å². The highest BCUT2D eigenvalue weighted by molar-refractivity contribution is 5.86. The molecule has 0 radical (unpaired) electrons. The number of hydrogen-bond acceptors (Lipinski definition) is 6. The highest BCUT2D eigenvalue weighted by Gasteiger charge is 2.38. The summed E-state index contributed by atoms with van der Waals surface area (Å²) in [6.45, 7) is 11.8. The number of esters is 2. The first-order chi connectivity index (χ1) is 28.7. The minimum absolute atomic E-state index is 0.00320. The standard InChI is InChI=1S/C53H46N2O4/c1-5-51(56)58-45-25-19-35-29-41(21-17-37(35)31-45)55(42-22-18-38-32-46(59-52(57)6-2)26-20-36(38)30-42)44-24-28-48-47-27-23-43(33-49(47)53(3,4)50(48)34-44)54(39-13-9-7-10-14-39)40-15-11-8-12-16-40/h5-7,9-11,13-29,31-35,37,42H,1-2,8,12,30H2,3-4H3. The van der Waals surface area contributed by atoms with Crippen LogP contribution in [0.5, 0.6) is 5.75 Å². The minimum atomic E-state index is -0.481. The zero-order valence-corrected chi connectivity index (χ0v) is 33.4. The van der Waals surface area contributed by atoms with Crippen LogP contribution in [0.3, 0.4) is 0 Å². The van der Waals surface area contributed by atoms with Crippen LogP contribution in [-0.2, 0) is 26.2 Å². The van der Waals surface area contributed by atoms with Crippen LogP contribution < -0.4 is 14.5 Å². The van der Waals surface area contributed by atoms with Gasteiger partial charge in [-0.2, -0.15) is 0 Å². The molecule has 9 rings (SSSR count). The number of fused-ring (bicyclic) bond motifs is 5. The Bertz CT molecular complexity index is 2620. The lowest BCUT2D eigenvalue weighted by Crippen LogP contribution is -2.37. The van der Waals surface area contributed by atoms with Crippen LogP contribution in [-0.4, -0.2) is 18.0 Å². The van der Waals surface area contributed by atoms with E-state index in [0.29, 0.717) is 11.5 Å². The van der Waals surface area contributed by atoms with Gasteiger partial charge in [-0.25, -0.2) is 9.59 Å². The summed E-state index contributed by atoms with van der Waals surface area (Å²) >= 11 is 0. The number of benzene rings is 4. The molecule has 0 fully saturated rings. The van der Waals surface area contributed by atoms with E-state index in [4.69, 9.17) is 9.47 Å². The van der Waals surface area contributed by atoms with Crippen LogP contribution >= 0.6 is 0 Å². The van der Waals surface area contributed by atoms with Crippen molar-refractivity contribution in [1.29, 1.82) is 0 Å². The Morgan fingerprint density at radius 3 is 2.15 bits per heavy atom. The van der Waals surface area contributed by atoms with Crippen molar-refractivity contribution < 1.29 is 19.1 Å². The normalized spacial score (nSPS) is 20.1. The zero-order valence-electron chi connectivity index (χ0n) is 33.4. The SMILES string of the molecule is C=CC(=O)OC1=CC2C=CC(N(c3ccc4c(c3)C(C)(C)c3cc(N(C5=CCCC=C5)c5ccccc5)ccc3-4)C3C=Cc4cc(OC(=O)C=C)ccc4C3)=CC2C=C1. The second-order valence-electron chi connectivity index (χ2n) is 16.0. The largest absolute Gasteiger partial charge is 0.424 e. The fourth-order valence-corrected chi connectivity index (χ4v) is 9.03. The Labute approximate surface area is 346 Å². The first-order valence-electron chi connectivity index (χ1n) is 20.3. The molecule has 0 bridgehead atoms. The van der Waals surface area contributed by atoms with Crippen LogP contribution in [0, 0.1) is 11.8 Å². The van der Waals surface area contributed by atoms with E-state index in [9.17, 15) is 9.59 Å². The first-order valence-corrected chi connectivity index (χ1v) is 20.3. The zero-order chi connectivity index (χ0) is 40.7. The third-order valence-electron chi connectivity index (χ3n) is 12.0. The summed E-state index contributed by atoms with van der Waals surface area (Å²) in [6, 6.07) is 30.3. The van der Waals surface area contributed by atoms with Crippen molar-refractivity contribution in [3.8, 4) is 16.9 Å². The summed E-state index contributed by atoms with van der Waals surface area (Å²) in [5, 5.41) is 0. The molecule has 59 heavy (non-hydrogen) atoms. The van der Waals surface area contributed by atoms with Gasteiger partial charge in [-0.05, 0) is 125 Å². The van der Waals surface area contributed by atoms with Crippen LogP contribution in [0.1, 0.15) is 48.9 Å². The second-order valence-corrected chi connectivity index (χ2v) is 16.0. The molecule has 6 nitrogen and oxygen atoms in total. The van der Waals surface area contributed by atoms with Gasteiger partial charge >= 0.3 is 11.9 Å². The molecule has 3 atom stereocenters. The topological polar surface area (TPSA) is 59.1 Å². The molecule has 0 saturated carbocycles. The summed E-state index contributed by atoms with van der Waals surface area (Å²) in [5.74, 6) is 0.210. The lowest BCUT2D eigenvalue weighted by molar-refractivity contribution is -0.133. The Kier molecular flexibility index (Phi) is 9.85. The van der Waals surface area contributed by atoms with E-state index >= 15 is 0 Å². The third-order valence-corrected chi connectivity index (χ3v) is 12.0. The van der Waals surface area contributed by atoms with Gasteiger partial charge in [0.2, 0.25) is 0 Å². The molecule has 0 saturated heterocycles. The maximum absolute atomic E-state index is 12.0. The van der Waals surface area contributed by atoms with Gasteiger partial charge in [0.25, 0.3) is 0 Å². The van der Waals surface area contributed by atoms with Crippen molar-refractivity contribution in [3.63, 3.8) is 0 Å². The molecule has 0 amide bonds. The Balaban J connectivity index is 1.09. The summed E-state index contributed by atoms with van der Waals surface area (Å²) in [4.78, 5) is 28.7. The van der Waals surface area contributed by atoms with Crippen molar-refractivity contribution in [2.24, 2.45) is 11.8 Å². The minimum Gasteiger partial charge on any atom is -0.424 e. The summed E-state index contributed by atoms with van der Waals surface area (Å²) < 4.78 is 10.9. The molecular weight excluding hydrogens is 729 g/mol. The quantitative estimate of drug-likeness (QED) is 0.0908. The Morgan fingerprint density at radius 2 is 1.41 bits per heavy atom. The maximum atomic E-state index is 12.0. The second kappa shape index (κ2) is 15.4. The highest BCUT2D eigenvalue weighted by atomic mass is 16.5. The lowest BCUT2D eigenvalue weighted by atomic mass is 9.81. The van der Waals surface area contributed by atoms with Crippen LogP contribution in [0.15, 0.2) is 188 Å². The first kappa shape index (κ1) is 37.6. The number of anilines is 3. The van der Waals surface area contributed by atoms with Gasteiger partial charge in [-0.1, -0.05) is 106 Å². The molecule has 5 aliphatic carbocycles. The van der Waals surface area contributed by atoms with E-state index in [-0.39, 0.29) is 23.3 Å². The van der Waals surface area contributed by atoms with Gasteiger partial charge < -0.3 is 19.3 Å². The lowest BCUT2D eigenvalue weighted by Gasteiger charge is -2.38. The number of nitrogens with zero attached hydrogens (tertiary/aromatic N) is 2. The molecule has 5 aliphatic rings. The maximum Gasteiger partial charge on any atom is 0.335 e. The number of hydrogen-bond donors (Lipinski definition) is 0. The van der Waals surface area contributed by atoms with Crippen molar-refractivity contribution in [3.05, 3.63) is 210 Å².